The van der Waals surface area contributed by atoms with Crippen LogP contribution in [0.4, 0.5) is 10.1 Å². The smallest absolute Gasteiger partial charge is 0.224 e. The second-order valence-electron chi connectivity index (χ2n) is 6.81. The third-order valence-corrected chi connectivity index (χ3v) is 4.66. The van der Waals surface area contributed by atoms with Gasteiger partial charge in [0.05, 0.1) is 26.5 Å². The van der Waals surface area contributed by atoms with Crippen LogP contribution < -0.4 is 19.1 Å². The van der Waals surface area contributed by atoms with Gasteiger partial charge in [-0.15, -0.1) is 0 Å². The maximum atomic E-state index is 14.1. The molecule has 0 radical (unpaired) electrons. The monoisotopic (exact) mass is 409 g/mol. The Kier molecular flexibility index (Phi) is 6.57. The molecule has 0 heterocycles. The predicted molar refractivity (Wildman–Crippen MR) is 114 cm³/mol. The Labute approximate surface area is 175 Å². The molecule has 6 heteroatoms. The summed E-state index contributed by atoms with van der Waals surface area (Å²) in [5.74, 6) is 1.46. The zero-order chi connectivity index (χ0) is 21.7. The van der Waals surface area contributed by atoms with Crippen LogP contribution >= 0.6 is 0 Å². The van der Waals surface area contributed by atoms with Crippen molar-refractivity contribution in [2.75, 3.05) is 19.1 Å². The van der Waals surface area contributed by atoms with E-state index in [1.165, 1.54) is 30.0 Å². The maximum absolute atomic E-state index is 14.1. The molecule has 0 aliphatic heterocycles. The van der Waals surface area contributed by atoms with E-state index in [9.17, 15) is 9.18 Å². The van der Waals surface area contributed by atoms with Crippen LogP contribution in [0.25, 0.3) is 0 Å². The van der Waals surface area contributed by atoms with Gasteiger partial charge >= 0.3 is 0 Å². The lowest BCUT2D eigenvalue weighted by molar-refractivity contribution is -0.116. The van der Waals surface area contributed by atoms with Gasteiger partial charge in [0, 0.05) is 18.6 Å². The third-order valence-electron chi connectivity index (χ3n) is 4.66. The number of aryl methyl sites for hydroxylation is 1. The molecule has 0 N–H and O–H groups in total. The first kappa shape index (κ1) is 21.2. The number of methoxy groups -OCH3 is 2. The summed E-state index contributed by atoms with van der Waals surface area (Å²) in [6.07, 6.45) is 0. The van der Waals surface area contributed by atoms with E-state index in [1.807, 2.05) is 31.2 Å². The number of amides is 1. The first-order valence-electron chi connectivity index (χ1n) is 9.44. The van der Waals surface area contributed by atoms with E-state index >= 15 is 0 Å². The highest BCUT2D eigenvalue weighted by atomic mass is 19.1. The number of carbonyl (C=O) groups is 1. The van der Waals surface area contributed by atoms with E-state index in [1.54, 1.807) is 32.4 Å². The van der Waals surface area contributed by atoms with E-state index in [4.69, 9.17) is 14.2 Å². The molecule has 0 aliphatic rings. The first-order valence-corrected chi connectivity index (χ1v) is 9.44. The molecule has 156 valence electrons. The number of anilines is 1. The molecule has 3 aromatic carbocycles. The zero-order valence-electron chi connectivity index (χ0n) is 17.4. The van der Waals surface area contributed by atoms with Crippen molar-refractivity contribution in [3.05, 3.63) is 77.6 Å². The molecule has 0 bridgehead atoms. The third kappa shape index (κ3) is 4.89. The first-order chi connectivity index (χ1) is 14.4. The van der Waals surface area contributed by atoms with Gasteiger partial charge < -0.3 is 19.1 Å². The fourth-order valence-electron chi connectivity index (χ4n) is 3.06. The molecule has 0 aliphatic carbocycles. The SMILES string of the molecule is COc1ccc(OC)c(CN(C(C)=O)c2cc(F)ccc2Oc2ccc(C)cc2)c1. The zero-order valence-corrected chi connectivity index (χ0v) is 17.4. The van der Waals surface area contributed by atoms with Gasteiger partial charge in [0.1, 0.15) is 23.1 Å². The molecule has 0 saturated heterocycles. The Bertz CT molecular complexity index is 1030. The Balaban J connectivity index is 2.01. The molecule has 0 unspecified atom stereocenters. The van der Waals surface area contributed by atoms with Crippen LogP contribution in [0.2, 0.25) is 0 Å². The number of halogens is 1. The van der Waals surface area contributed by atoms with Crippen molar-refractivity contribution in [1.82, 2.24) is 0 Å². The largest absolute Gasteiger partial charge is 0.497 e. The topological polar surface area (TPSA) is 48.0 Å². The number of ether oxygens (including phenoxy) is 3. The van der Waals surface area contributed by atoms with E-state index in [0.29, 0.717) is 28.7 Å². The molecular weight excluding hydrogens is 385 g/mol. The van der Waals surface area contributed by atoms with Crippen LogP contribution in [0.1, 0.15) is 18.1 Å². The number of carbonyl (C=O) groups excluding carboxylic acids is 1. The number of hydrogen-bond acceptors (Lipinski definition) is 4. The standard InChI is InChI=1S/C24H24FNO4/c1-16-5-8-20(9-6-16)30-24-11-7-19(25)14-22(24)26(17(2)27)15-18-13-21(28-3)10-12-23(18)29-4/h5-14H,15H2,1-4H3. The molecule has 0 fully saturated rings. The lowest BCUT2D eigenvalue weighted by atomic mass is 10.1. The number of rotatable bonds is 7. The molecule has 5 nitrogen and oxygen atoms in total. The molecule has 3 rings (SSSR count). The average molecular weight is 409 g/mol. The summed E-state index contributed by atoms with van der Waals surface area (Å²) in [5.41, 5.74) is 2.14. The molecule has 3 aromatic rings. The van der Waals surface area contributed by atoms with Gasteiger partial charge in [-0.25, -0.2) is 4.39 Å². The number of hydrogen-bond donors (Lipinski definition) is 0. The van der Waals surface area contributed by atoms with Crippen LogP contribution in [-0.2, 0) is 11.3 Å². The summed E-state index contributed by atoms with van der Waals surface area (Å²) in [5, 5.41) is 0. The minimum absolute atomic E-state index is 0.156. The van der Waals surface area contributed by atoms with Crippen molar-refractivity contribution in [1.29, 1.82) is 0 Å². The van der Waals surface area contributed by atoms with E-state index in [-0.39, 0.29) is 12.5 Å². The van der Waals surface area contributed by atoms with E-state index in [2.05, 4.69) is 0 Å². The number of nitrogens with zero attached hydrogens (tertiary/aromatic N) is 1. The summed E-state index contributed by atoms with van der Waals surface area (Å²) in [6, 6.07) is 16.9. The van der Waals surface area contributed by atoms with Crippen molar-refractivity contribution in [3.8, 4) is 23.0 Å². The summed E-state index contributed by atoms with van der Waals surface area (Å²) in [7, 11) is 3.12. The van der Waals surface area contributed by atoms with Crippen LogP contribution in [0.15, 0.2) is 60.7 Å². The van der Waals surface area contributed by atoms with Crippen molar-refractivity contribution in [2.24, 2.45) is 0 Å². The quantitative estimate of drug-likeness (QED) is 0.517. The van der Waals surface area contributed by atoms with Crippen LogP contribution in [0, 0.1) is 12.7 Å². The number of benzene rings is 3. The molecule has 0 saturated carbocycles. The normalized spacial score (nSPS) is 10.4. The van der Waals surface area contributed by atoms with E-state index < -0.39 is 5.82 Å². The molecule has 0 atom stereocenters. The maximum Gasteiger partial charge on any atom is 0.224 e. The van der Waals surface area contributed by atoms with Crippen LogP contribution in [0.5, 0.6) is 23.0 Å². The average Bonchev–Trinajstić information content (AvgIpc) is 2.74. The fourth-order valence-corrected chi connectivity index (χ4v) is 3.06. The Morgan fingerprint density at radius 3 is 2.20 bits per heavy atom. The molecule has 0 spiro atoms. The molecular formula is C24H24FNO4. The fraction of sp³-hybridized carbons (Fsp3) is 0.208. The summed E-state index contributed by atoms with van der Waals surface area (Å²) in [6.45, 7) is 3.56. The Hall–Kier alpha value is -3.54. The Morgan fingerprint density at radius 1 is 0.900 bits per heavy atom. The van der Waals surface area contributed by atoms with Gasteiger partial charge in [0.25, 0.3) is 0 Å². The van der Waals surface area contributed by atoms with Gasteiger partial charge in [0.2, 0.25) is 5.91 Å². The van der Waals surface area contributed by atoms with Crippen LogP contribution in [-0.4, -0.2) is 20.1 Å². The molecule has 1 amide bonds. The minimum Gasteiger partial charge on any atom is -0.497 e. The highest BCUT2D eigenvalue weighted by Crippen LogP contribution is 2.35. The second-order valence-corrected chi connectivity index (χ2v) is 6.81. The van der Waals surface area contributed by atoms with Gasteiger partial charge in [0.15, 0.2) is 5.75 Å². The summed E-state index contributed by atoms with van der Waals surface area (Å²) < 4.78 is 30.8. The van der Waals surface area contributed by atoms with E-state index in [0.717, 1.165) is 11.1 Å². The van der Waals surface area contributed by atoms with Gasteiger partial charge in [-0.1, -0.05) is 17.7 Å². The van der Waals surface area contributed by atoms with Gasteiger partial charge in [-0.05, 0) is 49.4 Å². The van der Waals surface area contributed by atoms with Gasteiger partial charge in [-0.2, -0.15) is 0 Å². The van der Waals surface area contributed by atoms with Crippen molar-refractivity contribution >= 4 is 11.6 Å². The summed E-state index contributed by atoms with van der Waals surface area (Å²) in [4.78, 5) is 14.0. The lowest BCUT2D eigenvalue weighted by Crippen LogP contribution is -2.28. The highest BCUT2D eigenvalue weighted by Gasteiger charge is 2.20. The molecule has 30 heavy (non-hydrogen) atoms. The lowest BCUT2D eigenvalue weighted by Gasteiger charge is -2.25. The Morgan fingerprint density at radius 2 is 1.57 bits per heavy atom. The van der Waals surface area contributed by atoms with Crippen molar-refractivity contribution in [3.63, 3.8) is 0 Å². The minimum atomic E-state index is -0.467. The molecule has 0 aromatic heterocycles. The highest BCUT2D eigenvalue weighted by molar-refractivity contribution is 5.93. The van der Waals surface area contributed by atoms with Crippen LogP contribution in [0.3, 0.4) is 0 Å². The van der Waals surface area contributed by atoms with Crippen molar-refractivity contribution < 1.29 is 23.4 Å². The van der Waals surface area contributed by atoms with Gasteiger partial charge in [-0.3, -0.25) is 4.79 Å². The second kappa shape index (κ2) is 9.31. The predicted octanol–water partition coefficient (Wildman–Crippen LogP) is 5.50. The summed E-state index contributed by atoms with van der Waals surface area (Å²) >= 11 is 0. The van der Waals surface area contributed by atoms with Crippen molar-refractivity contribution in [2.45, 2.75) is 20.4 Å².